The quantitative estimate of drug-likeness (QED) is 0.466. The van der Waals surface area contributed by atoms with Crippen LogP contribution in [0, 0.1) is 0 Å². The van der Waals surface area contributed by atoms with Crippen molar-refractivity contribution in [3.05, 3.63) is 59.9 Å². The van der Waals surface area contributed by atoms with Gasteiger partial charge in [-0.25, -0.2) is 15.0 Å². The van der Waals surface area contributed by atoms with Crippen molar-refractivity contribution in [3.8, 4) is 5.82 Å². The molecule has 1 aromatic carbocycles. The van der Waals surface area contributed by atoms with Crippen molar-refractivity contribution in [2.45, 2.75) is 0 Å². The second-order valence-corrected chi connectivity index (χ2v) is 8.67. The van der Waals surface area contributed by atoms with Gasteiger partial charge in [-0.2, -0.15) is 0 Å². The first kappa shape index (κ1) is 17.8. The molecule has 0 saturated heterocycles. The summed E-state index contributed by atoms with van der Waals surface area (Å²) in [5, 5.41) is 3.84. The summed E-state index contributed by atoms with van der Waals surface area (Å²) in [5.74, 6) is 0.586. The lowest BCUT2D eigenvalue weighted by Crippen LogP contribution is -2.10. The smallest absolute Gasteiger partial charge is 0.265 e. The van der Waals surface area contributed by atoms with Crippen LogP contribution >= 0.6 is 22.7 Å². The van der Waals surface area contributed by atoms with Gasteiger partial charge in [0, 0.05) is 14.1 Å². The summed E-state index contributed by atoms with van der Waals surface area (Å²) in [6.45, 7) is 0. The molecule has 1 N–H and O–H groups in total. The number of carbonyl (C=O) groups excluding carboxylic acids is 1. The predicted molar refractivity (Wildman–Crippen MR) is 119 cm³/mol. The van der Waals surface area contributed by atoms with E-state index in [1.165, 1.54) is 11.3 Å². The third kappa shape index (κ3) is 3.24. The highest BCUT2D eigenvalue weighted by Crippen LogP contribution is 2.34. The number of para-hydroxylation sites is 2. The number of carbonyl (C=O) groups is 1. The largest absolute Gasteiger partial charge is 0.354 e. The van der Waals surface area contributed by atoms with Gasteiger partial charge in [-0.15, -0.1) is 11.3 Å². The summed E-state index contributed by atoms with van der Waals surface area (Å²) < 4.78 is 2.94. The lowest BCUT2D eigenvalue weighted by atomic mass is 10.3. The molecule has 144 valence electrons. The van der Waals surface area contributed by atoms with Gasteiger partial charge in [-0.05, 0) is 30.3 Å². The molecule has 4 aromatic heterocycles. The van der Waals surface area contributed by atoms with E-state index in [4.69, 9.17) is 0 Å². The number of pyridine rings is 1. The van der Waals surface area contributed by atoms with Crippen molar-refractivity contribution in [2.24, 2.45) is 0 Å². The van der Waals surface area contributed by atoms with Crippen LogP contribution in [-0.2, 0) is 0 Å². The van der Waals surface area contributed by atoms with Crippen molar-refractivity contribution < 1.29 is 4.79 Å². The predicted octanol–water partition coefficient (Wildman–Crippen LogP) is 4.41. The zero-order chi connectivity index (χ0) is 20.0. The lowest BCUT2D eigenvalue weighted by molar-refractivity contribution is 0.103. The number of amides is 1. The van der Waals surface area contributed by atoms with Gasteiger partial charge >= 0.3 is 0 Å². The van der Waals surface area contributed by atoms with E-state index in [1.807, 2.05) is 66.0 Å². The Morgan fingerprint density at radius 2 is 1.97 bits per heavy atom. The van der Waals surface area contributed by atoms with Crippen LogP contribution in [0.25, 0.3) is 26.4 Å². The number of thiazole rings is 1. The Morgan fingerprint density at radius 1 is 1.10 bits per heavy atom. The number of hydrogen-bond donors (Lipinski definition) is 1. The van der Waals surface area contributed by atoms with Crippen LogP contribution in [0.1, 0.15) is 9.67 Å². The maximum Gasteiger partial charge on any atom is 0.265 e. The lowest BCUT2D eigenvalue weighted by Gasteiger charge is -2.06. The molecule has 0 saturated carbocycles. The fourth-order valence-corrected chi connectivity index (χ4v) is 4.99. The highest BCUT2D eigenvalue weighted by atomic mass is 32.1. The number of hydrogen-bond acceptors (Lipinski definition) is 7. The van der Waals surface area contributed by atoms with Gasteiger partial charge in [0.15, 0.2) is 5.13 Å². The number of benzene rings is 1. The van der Waals surface area contributed by atoms with E-state index in [0.717, 1.165) is 31.5 Å². The number of rotatable bonds is 4. The third-order valence-corrected chi connectivity index (χ3v) is 6.72. The summed E-state index contributed by atoms with van der Waals surface area (Å²) in [7, 11) is 3.92. The Balaban J connectivity index is 1.35. The number of imidazole rings is 1. The van der Waals surface area contributed by atoms with E-state index >= 15 is 0 Å². The van der Waals surface area contributed by atoms with Crippen LogP contribution in [0.5, 0.6) is 0 Å². The molecule has 9 heteroatoms. The van der Waals surface area contributed by atoms with Crippen LogP contribution in [0.4, 0.5) is 10.8 Å². The Morgan fingerprint density at radius 3 is 2.72 bits per heavy atom. The molecule has 0 bridgehead atoms. The maximum atomic E-state index is 12.6. The first-order valence-corrected chi connectivity index (χ1v) is 10.5. The summed E-state index contributed by atoms with van der Waals surface area (Å²) in [6, 6.07) is 13.5. The topological polar surface area (TPSA) is 75.9 Å². The second kappa shape index (κ2) is 6.94. The SMILES string of the molecule is CN(C)c1nc2sc(C(=O)Nc3ccc(-n4cnc5ccccc54)nc3)cc2s1. The average Bonchev–Trinajstić information content (AvgIpc) is 3.41. The van der Waals surface area contributed by atoms with E-state index in [-0.39, 0.29) is 5.91 Å². The average molecular weight is 421 g/mol. The maximum absolute atomic E-state index is 12.6. The van der Waals surface area contributed by atoms with E-state index in [9.17, 15) is 4.79 Å². The molecule has 0 fully saturated rings. The van der Waals surface area contributed by atoms with Gasteiger partial charge < -0.3 is 10.2 Å². The second-order valence-electron chi connectivity index (χ2n) is 6.63. The van der Waals surface area contributed by atoms with E-state index in [0.29, 0.717) is 10.6 Å². The Bertz CT molecular complexity index is 1300. The number of thiophene rings is 1. The molecule has 0 aliphatic carbocycles. The number of anilines is 2. The van der Waals surface area contributed by atoms with Crippen molar-refractivity contribution >= 4 is 60.0 Å². The molecular weight excluding hydrogens is 404 g/mol. The van der Waals surface area contributed by atoms with Crippen molar-refractivity contribution in [1.82, 2.24) is 19.5 Å². The van der Waals surface area contributed by atoms with Crippen LogP contribution in [0.15, 0.2) is 55.0 Å². The van der Waals surface area contributed by atoms with Gasteiger partial charge in [0.1, 0.15) is 17.0 Å². The molecule has 0 aliphatic heterocycles. The molecule has 7 nitrogen and oxygen atoms in total. The van der Waals surface area contributed by atoms with Crippen molar-refractivity contribution in [2.75, 3.05) is 24.3 Å². The zero-order valence-corrected chi connectivity index (χ0v) is 17.3. The van der Waals surface area contributed by atoms with Crippen LogP contribution in [0.2, 0.25) is 0 Å². The van der Waals surface area contributed by atoms with Gasteiger partial charge in [0.05, 0.1) is 32.5 Å². The summed E-state index contributed by atoms with van der Waals surface area (Å²) in [6.07, 6.45) is 3.40. The molecule has 1 amide bonds. The minimum atomic E-state index is -0.158. The van der Waals surface area contributed by atoms with E-state index in [2.05, 4.69) is 20.3 Å². The molecule has 0 radical (unpaired) electrons. The number of aromatic nitrogens is 4. The van der Waals surface area contributed by atoms with Crippen molar-refractivity contribution in [3.63, 3.8) is 0 Å². The summed E-state index contributed by atoms with van der Waals surface area (Å²) in [5.41, 5.74) is 2.54. The number of nitrogens with zero attached hydrogens (tertiary/aromatic N) is 5. The molecule has 0 unspecified atom stereocenters. The Hall–Kier alpha value is -3.30. The standard InChI is InChI=1S/C20H16N6OS2/c1-25(2)20-24-19-16(29-20)9-15(28-19)18(27)23-12-7-8-17(21-10-12)26-11-22-13-5-3-4-6-14(13)26/h3-11H,1-2H3,(H,23,27). The fraction of sp³-hybridized carbons (Fsp3) is 0.100. The first-order chi connectivity index (χ1) is 14.1. The highest BCUT2D eigenvalue weighted by molar-refractivity contribution is 7.29. The van der Waals surface area contributed by atoms with Gasteiger partial charge in [0.25, 0.3) is 5.91 Å². The van der Waals surface area contributed by atoms with Crippen LogP contribution in [0.3, 0.4) is 0 Å². The summed E-state index contributed by atoms with van der Waals surface area (Å²) in [4.78, 5) is 29.5. The monoisotopic (exact) mass is 420 g/mol. The molecule has 4 heterocycles. The van der Waals surface area contributed by atoms with E-state index < -0.39 is 0 Å². The third-order valence-electron chi connectivity index (χ3n) is 4.39. The molecule has 29 heavy (non-hydrogen) atoms. The zero-order valence-electron chi connectivity index (χ0n) is 15.7. The van der Waals surface area contributed by atoms with Crippen LogP contribution in [-0.4, -0.2) is 39.5 Å². The Labute approximate surface area is 174 Å². The Kier molecular flexibility index (Phi) is 4.26. The van der Waals surface area contributed by atoms with Gasteiger partial charge in [-0.1, -0.05) is 23.5 Å². The summed E-state index contributed by atoms with van der Waals surface area (Å²) >= 11 is 2.97. The molecule has 5 rings (SSSR count). The molecule has 0 spiro atoms. The van der Waals surface area contributed by atoms with E-state index in [1.54, 1.807) is 23.9 Å². The van der Waals surface area contributed by atoms with Crippen molar-refractivity contribution in [1.29, 1.82) is 0 Å². The number of nitrogens with one attached hydrogen (secondary N) is 1. The minimum absolute atomic E-state index is 0.158. The minimum Gasteiger partial charge on any atom is -0.354 e. The first-order valence-electron chi connectivity index (χ1n) is 8.86. The number of fused-ring (bicyclic) bond motifs is 2. The molecule has 0 aliphatic rings. The molecular formula is C20H16N6OS2. The molecule has 5 aromatic rings. The highest BCUT2D eigenvalue weighted by Gasteiger charge is 2.15. The van der Waals surface area contributed by atoms with Gasteiger partial charge in [-0.3, -0.25) is 9.36 Å². The normalized spacial score (nSPS) is 11.2. The van der Waals surface area contributed by atoms with Gasteiger partial charge in [0.2, 0.25) is 0 Å². The van der Waals surface area contributed by atoms with Crippen LogP contribution < -0.4 is 10.2 Å². The molecule has 0 atom stereocenters. The fourth-order valence-electron chi connectivity index (χ4n) is 2.96.